The van der Waals surface area contributed by atoms with Crippen LogP contribution in [-0.4, -0.2) is 47.0 Å². The van der Waals surface area contributed by atoms with Crippen molar-refractivity contribution < 1.29 is 19.1 Å². The topological polar surface area (TPSA) is 60.9 Å². The zero-order valence-electron chi connectivity index (χ0n) is 11.3. The molecule has 1 saturated heterocycles. The van der Waals surface area contributed by atoms with Crippen LogP contribution in [0.4, 0.5) is 9.18 Å². The molecule has 1 aromatic carbocycles. The van der Waals surface area contributed by atoms with Crippen molar-refractivity contribution in [2.24, 2.45) is 0 Å². The first-order valence-electron chi connectivity index (χ1n) is 6.42. The molecule has 2 amide bonds. The zero-order chi connectivity index (χ0) is 15.1. The van der Waals surface area contributed by atoms with Gasteiger partial charge in [0.1, 0.15) is 10.7 Å². The monoisotopic (exact) mass is 308 g/mol. The molecule has 0 radical (unpaired) electrons. The van der Waals surface area contributed by atoms with Crippen LogP contribution in [0, 0.1) is 5.82 Å². The third-order valence-corrected chi connectivity index (χ3v) is 4.79. The molecular formula is C14H13FN2O3S. The van der Waals surface area contributed by atoms with Crippen LogP contribution in [0.2, 0.25) is 0 Å². The van der Waals surface area contributed by atoms with Gasteiger partial charge in [0.15, 0.2) is 0 Å². The van der Waals surface area contributed by atoms with Crippen molar-refractivity contribution in [2.75, 3.05) is 20.1 Å². The molecule has 0 saturated carbocycles. The van der Waals surface area contributed by atoms with E-state index in [1.807, 2.05) is 0 Å². The first-order chi connectivity index (χ1) is 9.99. The molecule has 1 fully saturated rings. The lowest BCUT2D eigenvalue weighted by atomic mass is 10.1. The van der Waals surface area contributed by atoms with Crippen LogP contribution >= 0.6 is 11.3 Å². The van der Waals surface area contributed by atoms with Crippen molar-refractivity contribution >= 4 is 33.4 Å². The van der Waals surface area contributed by atoms with E-state index in [0.29, 0.717) is 28.7 Å². The van der Waals surface area contributed by atoms with Crippen molar-refractivity contribution in [3.63, 3.8) is 0 Å². The normalized spacial score (nSPS) is 15.2. The molecule has 21 heavy (non-hydrogen) atoms. The minimum absolute atomic E-state index is 0.0949. The largest absolute Gasteiger partial charge is 0.477 e. The predicted molar refractivity (Wildman–Crippen MR) is 77.2 cm³/mol. The quantitative estimate of drug-likeness (QED) is 0.948. The summed E-state index contributed by atoms with van der Waals surface area (Å²) in [6.45, 7) is 1.22. The number of rotatable bonds is 3. The van der Waals surface area contributed by atoms with Crippen molar-refractivity contribution in [3.05, 3.63) is 34.5 Å². The van der Waals surface area contributed by atoms with E-state index in [-0.39, 0.29) is 17.5 Å². The molecule has 0 atom stereocenters. The van der Waals surface area contributed by atoms with Crippen molar-refractivity contribution in [1.82, 2.24) is 9.80 Å². The summed E-state index contributed by atoms with van der Waals surface area (Å²) >= 11 is 1.04. The first-order valence-corrected chi connectivity index (χ1v) is 7.24. The molecular weight excluding hydrogens is 295 g/mol. The minimum atomic E-state index is -1.09. The second-order valence-electron chi connectivity index (χ2n) is 4.95. The van der Waals surface area contributed by atoms with Crippen LogP contribution < -0.4 is 0 Å². The Labute approximate surface area is 124 Å². The van der Waals surface area contributed by atoms with E-state index < -0.39 is 11.8 Å². The van der Waals surface area contributed by atoms with Crippen LogP contribution in [0.25, 0.3) is 10.1 Å². The van der Waals surface area contributed by atoms with Gasteiger partial charge in [-0.05, 0) is 12.1 Å². The van der Waals surface area contributed by atoms with E-state index in [1.54, 1.807) is 29.0 Å². The number of aromatic carboxylic acids is 1. The molecule has 0 spiro atoms. The van der Waals surface area contributed by atoms with Crippen LogP contribution in [0.5, 0.6) is 0 Å². The van der Waals surface area contributed by atoms with Crippen LogP contribution in [0.1, 0.15) is 15.2 Å². The van der Waals surface area contributed by atoms with Gasteiger partial charge in [-0.3, -0.25) is 0 Å². The maximum atomic E-state index is 14.1. The molecule has 2 aromatic rings. The average Bonchev–Trinajstić information content (AvgIpc) is 2.96. The Kier molecular flexibility index (Phi) is 3.29. The molecule has 2 heterocycles. The number of nitrogens with zero attached hydrogens (tertiary/aromatic N) is 2. The number of thiophene rings is 1. The van der Waals surface area contributed by atoms with E-state index >= 15 is 0 Å². The average molecular weight is 308 g/mol. The molecule has 1 aliphatic heterocycles. The highest BCUT2D eigenvalue weighted by atomic mass is 32.1. The summed E-state index contributed by atoms with van der Waals surface area (Å²) in [7, 11) is 1.69. The number of halogens is 1. The van der Waals surface area contributed by atoms with E-state index in [2.05, 4.69) is 0 Å². The lowest BCUT2D eigenvalue weighted by Gasteiger charge is -2.16. The molecule has 0 bridgehead atoms. The number of carboxylic acids is 1. The number of hydrogen-bond donors (Lipinski definition) is 1. The van der Waals surface area contributed by atoms with Gasteiger partial charge in [-0.2, -0.15) is 0 Å². The molecule has 7 heteroatoms. The van der Waals surface area contributed by atoms with Gasteiger partial charge in [-0.25, -0.2) is 14.0 Å². The van der Waals surface area contributed by atoms with Crippen LogP contribution in [-0.2, 0) is 6.54 Å². The summed E-state index contributed by atoms with van der Waals surface area (Å²) in [5, 5.41) is 9.63. The van der Waals surface area contributed by atoms with Crippen molar-refractivity contribution in [2.45, 2.75) is 6.54 Å². The first kappa shape index (κ1) is 13.8. The van der Waals surface area contributed by atoms with Gasteiger partial charge in [-0.15, -0.1) is 11.3 Å². The highest BCUT2D eigenvalue weighted by molar-refractivity contribution is 7.21. The molecule has 0 unspecified atom stereocenters. The number of carbonyl (C=O) groups is 2. The Morgan fingerprint density at radius 1 is 1.43 bits per heavy atom. The van der Waals surface area contributed by atoms with E-state index in [9.17, 15) is 19.1 Å². The highest BCUT2D eigenvalue weighted by Crippen LogP contribution is 2.34. The molecule has 110 valence electrons. The molecule has 1 aromatic heterocycles. The second kappa shape index (κ2) is 5.00. The summed E-state index contributed by atoms with van der Waals surface area (Å²) in [5.74, 6) is -1.54. The van der Waals surface area contributed by atoms with Gasteiger partial charge in [0.05, 0.1) is 0 Å². The SMILES string of the molecule is CN1CCN(Cc2c(C(=O)O)sc3cccc(F)c23)C1=O. The van der Waals surface area contributed by atoms with Gasteiger partial charge >= 0.3 is 12.0 Å². The minimum Gasteiger partial charge on any atom is -0.477 e. The lowest BCUT2D eigenvalue weighted by molar-refractivity contribution is 0.0700. The van der Waals surface area contributed by atoms with Crippen molar-refractivity contribution in [3.8, 4) is 0 Å². The van der Waals surface area contributed by atoms with Gasteiger partial charge in [0, 0.05) is 42.3 Å². The number of carboxylic acid groups (broad SMARTS) is 1. The smallest absolute Gasteiger partial charge is 0.346 e. The zero-order valence-corrected chi connectivity index (χ0v) is 12.1. The summed E-state index contributed by atoms with van der Waals surface area (Å²) < 4.78 is 14.7. The maximum Gasteiger partial charge on any atom is 0.346 e. The van der Waals surface area contributed by atoms with E-state index in [4.69, 9.17) is 0 Å². The van der Waals surface area contributed by atoms with Gasteiger partial charge in [-0.1, -0.05) is 6.07 Å². The Bertz CT molecular complexity index is 743. The second-order valence-corrected chi connectivity index (χ2v) is 6.01. The van der Waals surface area contributed by atoms with Gasteiger partial charge < -0.3 is 14.9 Å². The number of urea groups is 1. The van der Waals surface area contributed by atoms with Gasteiger partial charge in [0.25, 0.3) is 0 Å². The number of fused-ring (bicyclic) bond motifs is 1. The van der Waals surface area contributed by atoms with Crippen LogP contribution in [0.15, 0.2) is 18.2 Å². The number of amides is 2. The number of benzene rings is 1. The third kappa shape index (κ3) is 2.23. The Morgan fingerprint density at radius 3 is 2.81 bits per heavy atom. The Morgan fingerprint density at radius 2 is 2.19 bits per heavy atom. The summed E-state index contributed by atoms with van der Waals surface area (Å²) in [5.41, 5.74) is 0.379. The summed E-state index contributed by atoms with van der Waals surface area (Å²) in [6, 6.07) is 4.39. The summed E-state index contributed by atoms with van der Waals surface area (Å²) in [6.07, 6.45) is 0. The number of likely N-dealkylation sites (N-methyl/N-ethyl adjacent to an activating group) is 1. The standard InChI is InChI=1S/C14H13FN2O3S/c1-16-5-6-17(14(16)20)7-8-11-9(15)3-2-4-10(11)21-12(8)13(18)19/h2-4H,5-7H2,1H3,(H,18,19). The molecule has 0 aliphatic carbocycles. The van der Waals surface area contributed by atoms with Gasteiger partial charge in [0.2, 0.25) is 0 Å². The molecule has 1 aliphatic rings. The fraction of sp³-hybridized carbons (Fsp3) is 0.286. The Balaban J connectivity index is 2.09. The molecule has 3 rings (SSSR count). The number of carbonyl (C=O) groups excluding carboxylic acids is 1. The predicted octanol–water partition coefficient (Wildman–Crippen LogP) is 2.61. The molecule has 5 nitrogen and oxygen atoms in total. The van der Waals surface area contributed by atoms with E-state index in [1.165, 1.54) is 6.07 Å². The van der Waals surface area contributed by atoms with Crippen LogP contribution in [0.3, 0.4) is 0 Å². The highest BCUT2D eigenvalue weighted by Gasteiger charge is 2.29. The third-order valence-electron chi connectivity index (χ3n) is 3.61. The fourth-order valence-corrected chi connectivity index (χ4v) is 3.60. The number of hydrogen-bond acceptors (Lipinski definition) is 3. The molecule has 1 N–H and O–H groups in total. The lowest BCUT2D eigenvalue weighted by Crippen LogP contribution is -2.29. The fourth-order valence-electron chi connectivity index (χ4n) is 2.53. The summed E-state index contributed by atoms with van der Waals surface area (Å²) in [4.78, 5) is 26.5. The van der Waals surface area contributed by atoms with Crippen molar-refractivity contribution in [1.29, 1.82) is 0 Å². The Hall–Kier alpha value is -2.15. The maximum absolute atomic E-state index is 14.1. The van der Waals surface area contributed by atoms with E-state index in [0.717, 1.165) is 11.3 Å².